The van der Waals surface area contributed by atoms with Crippen molar-refractivity contribution in [3.63, 3.8) is 0 Å². The van der Waals surface area contributed by atoms with Gasteiger partial charge in [-0.2, -0.15) is 0 Å². The molecule has 3 aromatic carbocycles. The molecule has 0 bridgehead atoms. The number of Topliss-reactive ketones (excluding diaryl/α,β-unsaturated/α-hetero) is 1. The molecular formula is C27H25NO4. The first-order valence-corrected chi connectivity index (χ1v) is 10.8. The summed E-state index contributed by atoms with van der Waals surface area (Å²) in [6, 6.07) is 24.8. The van der Waals surface area contributed by atoms with Crippen LogP contribution in [0.4, 0.5) is 0 Å². The maximum absolute atomic E-state index is 13.0. The van der Waals surface area contributed by atoms with E-state index in [9.17, 15) is 14.4 Å². The van der Waals surface area contributed by atoms with Crippen LogP contribution in [0.1, 0.15) is 51.5 Å². The summed E-state index contributed by atoms with van der Waals surface area (Å²) in [5.74, 6) is -2.18. The fraction of sp³-hybridized carbons (Fsp3) is 0.222. The molecule has 1 aliphatic carbocycles. The highest BCUT2D eigenvalue weighted by Gasteiger charge is 2.27. The number of hydrogen-bond acceptors (Lipinski definition) is 3. The molecule has 0 saturated heterocycles. The van der Waals surface area contributed by atoms with Crippen molar-refractivity contribution in [2.45, 2.75) is 31.7 Å². The van der Waals surface area contributed by atoms with Crippen LogP contribution in [0.15, 0.2) is 78.9 Å². The predicted octanol–water partition coefficient (Wildman–Crippen LogP) is 4.35. The molecule has 162 valence electrons. The Morgan fingerprint density at radius 1 is 0.875 bits per heavy atom. The Labute approximate surface area is 187 Å². The van der Waals surface area contributed by atoms with Gasteiger partial charge in [0, 0.05) is 12.0 Å². The first-order valence-electron chi connectivity index (χ1n) is 10.8. The number of carbonyl (C=O) groups excluding carboxylic acids is 2. The van der Waals surface area contributed by atoms with E-state index in [2.05, 4.69) is 5.32 Å². The van der Waals surface area contributed by atoms with Crippen LogP contribution in [0.25, 0.3) is 0 Å². The van der Waals surface area contributed by atoms with Crippen LogP contribution >= 0.6 is 0 Å². The number of hydrogen-bond donors (Lipinski definition) is 2. The minimum atomic E-state index is -1.44. The molecule has 0 aliphatic heterocycles. The molecule has 0 spiro atoms. The van der Waals surface area contributed by atoms with Gasteiger partial charge in [-0.05, 0) is 47.4 Å². The summed E-state index contributed by atoms with van der Waals surface area (Å²) < 4.78 is 0. The van der Waals surface area contributed by atoms with Crippen LogP contribution in [-0.4, -0.2) is 22.8 Å². The van der Waals surface area contributed by atoms with Crippen LogP contribution in [0.2, 0.25) is 0 Å². The Hall–Kier alpha value is -3.73. The maximum Gasteiger partial charge on any atom is 0.377 e. The summed E-state index contributed by atoms with van der Waals surface area (Å²) in [5, 5.41) is 12.3. The first kappa shape index (κ1) is 21.5. The second-order valence-corrected chi connectivity index (χ2v) is 8.21. The Balaban J connectivity index is 1.47. The van der Waals surface area contributed by atoms with Crippen molar-refractivity contribution in [2.75, 3.05) is 0 Å². The lowest BCUT2D eigenvalue weighted by Crippen LogP contribution is -2.32. The lowest BCUT2D eigenvalue weighted by molar-refractivity contribution is -0.131. The number of ketones is 1. The van der Waals surface area contributed by atoms with Crippen molar-refractivity contribution in [3.8, 4) is 0 Å². The second-order valence-electron chi connectivity index (χ2n) is 8.21. The molecule has 1 aliphatic rings. The van der Waals surface area contributed by atoms with Gasteiger partial charge in [0.2, 0.25) is 5.91 Å². The molecule has 1 atom stereocenters. The predicted molar refractivity (Wildman–Crippen MR) is 121 cm³/mol. The second kappa shape index (κ2) is 9.60. The molecule has 0 fully saturated rings. The van der Waals surface area contributed by atoms with E-state index < -0.39 is 11.8 Å². The van der Waals surface area contributed by atoms with E-state index in [0.717, 1.165) is 28.7 Å². The van der Waals surface area contributed by atoms with E-state index in [1.807, 2.05) is 66.7 Å². The monoisotopic (exact) mass is 427 g/mol. The first-order chi connectivity index (χ1) is 15.5. The van der Waals surface area contributed by atoms with Gasteiger partial charge in [0.15, 0.2) is 0 Å². The van der Waals surface area contributed by atoms with E-state index in [1.165, 1.54) is 0 Å². The van der Waals surface area contributed by atoms with E-state index >= 15 is 0 Å². The average Bonchev–Trinajstić information content (AvgIpc) is 2.82. The molecule has 0 heterocycles. The number of amides is 1. The van der Waals surface area contributed by atoms with Crippen LogP contribution < -0.4 is 5.32 Å². The van der Waals surface area contributed by atoms with Gasteiger partial charge in [-0.3, -0.25) is 9.59 Å². The molecular weight excluding hydrogens is 402 g/mol. The molecule has 0 radical (unpaired) electrons. The number of aliphatic carboxylic acids is 1. The third-order valence-corrected chi connectivity index (χ3v) is 6.07. The smallest absolute Gasteiger partial charge is 0.377 e. The zero-order chi connectivity index (χ0) is 22.5. The van der Waals surface area contributed by atoms with Crippen molar-refractivity contribution in [1.29, 1.82) is 0 Å². The third-order valence-electron chi connectivity index (χ3n) is 6.07. The average molecular weight is 428 g/mol. The van der Waals surface area contributed by atoms with Gasteiger partial charge in [0.05, 0.1) is 6.04 Å². The minimum absolute atomic E-state index is 0.0195. The number of rotatable bonds is 7. The molecule has 1 unspecified atom stereocenters. The lowest BCUT2D eigenvalue weighted by atomic mass is 9.79. The number of fused-ring (bicyclic) bond motifs is 1. The largest absolute Gasteiger partial charge is 0.475 e. The number of carboxylic acids is 1. The summed E-state index contributed by atoms with van der Waals surface area (Å²) in [4.78, 5) is 36.1. The number of carboxylic acid groups (broad SMARTS) is 1. The van der Waals surface area contributed by atoms with Crippen LogP contribution in [0.5, 0.6) is 0 Å². The van der Waals surface area contributed by atoms with Crippen molar-refractivity contribution in [3.05, 3.63) is 107 Å². The molecule has 0 saturated carbocycles. The van der Waals surface area contributed by atoms with Gasteiger partial charge in [-0.15, -0.1) is 0 Å². The normalized spacial score (nSPS) is 15.1. The van der Waals surface area contributed by atoms with Gasteiger partial charge in [0.25, 0.3) is 5.78 Å². The molecule has 5 heteroatoms. The van der Waals surface area contributed by atoms with Gasteiger partial charge < -0.3 is 10.4 Å². The highest BCUT2D eigenvalue weighted by molar-refractivity contribution is 6.40. The highest BCUT2D eigenvalue weighted by atomic mass is 16.4. The lowest BCUT2D eigenvalue weighted by Gasteiger charge is -2.27. The molecule has 4 rings (SSSR count). The molecule has 3 aromatic rings. The zero-order valence-electron chi connectivity index (χ0n) is 17.7. The van der Waals surface area contributed by atoms with Crippen LogP contribution in [-0.2, 0) is 22.4 Å². The molecule has 5 nitrogen and oxygen atoms in total. The van der Waals surface area contributed by atoms with Crippen LogP contribution in [0.3, 0.4) is 0 Å². The van der Waals surface area contributed by atoms with Gasteiger partial charge in [-0.25, -0.2) is 4.79 Å². The Bertz CT molecular complexity index is 1090. The Morgan fingerprint density at radius 2 is 1.50 bits per heavy atom. The van der Waals surface area contributed by atoms with Crippen molar-refractivity contribution >= 4 is 17.7 Å². The molecule has 1 amide bonds. The summed E-state index contributed by atoms with van der Waals surface area (Å²) in [5.41, 5.74) is 4.09. The Morgan fingerprint density at radius 3 is 2.09 bits per heavy atom. The maximum atomic E-state index is 13.0. The fourth-order valence-corrected chi connectivity index (χ4v) is 4.52. The number of benzene rings is 3. The van der Waals surface area contributed by atoms with Crippen LogP contribution in [0, 0.1) is 5.92 Å². The fourth-order valence-electron chi connectivity index (χ4n) is 4.52. The Kier molecular flexibility index (Phi) is 6.45. The molecule has 32 heavy (non-hydrogen) atoms. The molecule has 0 aromatic heterocycles. The van der Waals surface area contributed by atoms with Crippen molar-refractivity contribution in [2.24, 2.45) is 5.92 Å². The standard InChI is InChI=1S/C27H25NO4/c29-24(28-25(19-8-3-1-4-9-19)20-10-5-2-6-11-20)17-18-14-15-22-21(16-18)12-7-13-23(22)26(30)27(31)32/h1-13,18,25H,14-17H2,(H,28,29)(H,31,32). The molecule has 2 N–H and O–H groups in total. The SMILES string of the molecule is O=C(CC1CCc2c(cccc2C(=O)C(=O)O)C1)NC(c1ccccc1)c1ccccc1. The van der Waals surface area contributed by atoms with Gasteiger partial charge in [0.1, 0.15) is 0 Å². The topological polar surface area (TPSA) is 83.5 Å². The zero-order valence-corrected chi connectivity index (χ0v) is 17.7. The van der Waals surface area contributed by atoms with Crippen molar-refractivity contribution in [1.82, 2.24) is 5.32 Å². The third kappa shape index (κ3) is 4.78. The number of carbonyl (C=O) groups is 3. The van der Waals surface area contributed by atoms with E-state index in [-0.39, 0.29) is 23.4 Å². The van der Waals surface area contributed by atoms with Crippen molar-refractivity contribution < 1.29 is 19.5 Å². The quantitative estimate of drug-likeness (QED) is 0.434. The summed E-state index contributed by atoms with van der Waals surface area (Å²) in [6.45, 7) is 0. The minimum Gasteiger partial charge on any atom is -0.475 e. The summed E-state index contributed by atoms with van der Waals surface area (Å²) in [7, 11) is 0. The van der Waals surface area contributed by atoms with E-state index in [1.54, 1.807) is 12.1 Å². The summed E-state index contributed by atoms with van der Waals surface area (Å²) in [6.07, 6.45) is 2.38. The van der Waals surface area contributed by atoms with Gasteiger partial charge >= 0.3 is 5.97 Å². The summed E-state index contributed by atoms with van der Waals surface area (Å²) >= 11 is 0. The van der Waals surface area contributed by atoms with E-state index in [0.29, 0.717) is 19.3 Å². The number of nitrogens with one attached hydrogen (secondary N) is 1. The van der Waals surface area contributed by atoms with Gasteiger partial charge in [-0.1, -0.05) is 78.9 Å². The van der Waals surface area contributed by atoms with E-state index in [4.69, 9.17) is 5.11 Å². The highest BCUT2D eigenvalue weighted by Crippen LogP contribution is 2.31.